The van der Waals surface area contributed by atoms with E-state index in [2.05, 4.69) is 25.7 Å². The summed E-state index contributed by atoms with van der Waals surface area (Å²) in [6.45, 7) is 9.41. The van der Waals surface area contributed by atoms with Crippen LogP contribution in [-0.4, -0.2) is 35.6 Å². The molecule has 1 N–H and O–H groups in total. The first-order valence-electron chi connectivity index (χ1n) is 6.98. The molecule has 0 saturated heterocycles. The smallest absolute Gasteiger partial charge is 0.253 e. The van der Waals surface area contributed by atoms with Crippen LogP contribution in [0.2, 0.25) is 0 Å². The van der Waals surface area contributed by atoms with Gasteiger partial charge < -0.3 is 10.0 Å². The number of benzene rings is 1. The fourth-order valence-corrected chi connectivity index (χ4v) is 2.10. The molecule has 1 rings (SSSR count). The number of nitrogens with zero attached hydrogens (tertiary/aromatic N) is 1. The molecule has 1 aromatic carbocycles. The van der Waals surface area contributed by atoms with Gasteiger partial charge in [-0.1, -0.05) is 25.7 Å². The van der Waals surface area contributed by atoms with E-state index in [1.165, 1.54) is 0 Å². The van der Waals surface area contributed by atoms with Gasteiger partial charge in [-0.25, -0.2) is 0 Å². The van der Waals surface area contributed by atoms with E-state index in [0.29, 0.717) is 18.0 Å². The maximum absolute atomic E-state index is 12.5. The Morgan fingerprint density at radius 1 is 1.35 bits per heavy atom. The highest BCUT2D eigenvalue weighted by molar-refractivity contribution is 5.94. The van der Waals surface area contributed by atoms with E-state index >= 15 is 0 Å². The quantitative estimate of drug-likeness (QED) is 0.856. The lowest BCUT2D eigenvalue weighted by atomic mass is 10.0. The van der Waals surface area contributed by atoms with Gasteiger partial charge in [0.2, 0.25) is 0 Å². The van der Waals surface area contributed by atoms with Crippen LogP contribution in [0.1, 0.15) is 42.3 Å². The minimum atomic E-state index is -0.175. The molecule has 0 saturated carbocycles. The number of aliphatic hydroxyl groups excluding tert-OH is 1. The molecule has 20 heavy (non-hydrogen) atoms. The number of aliphatic hydroxyl groups is 1. The minimum Gasteiger partial charge on any atom is -0.384 e. The van der Waals surface area contributed by atoms with Crippen LogP contribution in [-0.2, 0) is 0 Å². The molecule has 108 valence electrons. The monoisotopic (exact) mass is 273 g/mol. The molecular weight excluding hydrogens is 250 g/mol. The fourth-order valence-electron chi connectivity index (χ4n) is 2.10. The third-order valence-corrected chi connectivity index (χ3v) is 2.89. The normalized spacial score (nSPS) is 10.1. The summed E-state index contributed by atoms with van der Waals surface area (Å²) in [5, 5.41) is 8.75. The van der Waals surface area contributed by atoms with E-state index < -0.39 is 0 Å². The van der Waals surface area contributed by atoms with Crippen molar-refractivity contribution in [3.63, 3.8) is 0 Å². The summed E-state index contributed by atoms with van der Waals surface area (Å²) >= 11 is 0. The van der Waals surface area contributed by atoms with Gasteiger partial charge in [-0.05, 0) is 43.5 Å². The van der Waals surface area contributed by atoms with E-state index in [-0.39, 0.29) is 12.5 Å². The zero-order valence-electron chi connectivity index (χ0n) is 12.7. The predicted octanol–water partition coefficient (Wildman–Crippen LogP) is 2.46. The van der Waals surface area contributed by atoms with Crippen molar-refractivity contribution in [3.8, 4) is 11.8 Å². The summed E-state index contributed by atoms with van der Waals surface area (Å²) in [6, 6.07) is 5.59. The van der Waals surface area contributed by atoms with Gasteiger partial charge in [0.15, 0.2) is 0 Å². The molecule has 3 heteroatoms. The molecule has 1 amide bonds. The van der Waals surface area contributed by atoms with Crippen LogP contribution in [0.3, 0.4) is 0 Å². The second kappa shape index (κ2) is 7.72. The van der Waals surface area contributed by atoms with Crippen LogP contribution in [0.25, 0.3) is 0 Å². The number of rotatable bonds is 4. The fraction of sp³-hybridized carbons (Fsp3) is 0.471. The van der Waals surface area contributed by atoms with Crippen LogP contribution < -0.4 is 0 Å². The topological polar surface area (TPSA) is 40.5 Å². The number of aryl methyl sites for hydroxylation is 1. The van der Waals surface area contributed by atoms with E-state index in [9.17, 15) is 4.79 Å². The Balaban J connectivity index is 3.05. The zero-order chi connectivity index (χ0) is 15.1. The number of hydrogen-bond acceptors (Lipinski definition) is 2. The van der Waals surface area contributed by atoms with Gasteiger partial charge in [0, 0.05) is 24.2 Å². The molecule has 3 nitrogen and oxygen atoms in total. The lowest BCUT2D eigenvalue weighted by molar-refractivity contribution is 0.0745. The molecule has 0 aliphatic rings. The summed E-state index contributed by atoms with van der Waals surface area (Å²) < 4.78 is 0. The highest BCUT2D eigenvalue weighted by atomic mass is 16.2. The molecule has 0 heterocycles. The van der Waals surface area contributed by atoms with Gasteiger partial charge in [-0.15, -0.1) is 0 Å². The summed E-state index contributed by atoms with van der Waals surface area (Å²) in [5.41, 5.74) is 2.43. The molecule has 0 radical (unpaired) electrons. The Hall–Kier alpha value is -1.79. The Morgan fingerprint density at radius 3 is 2.60 bits per heavy atom. The molecular formula is C17H23NO2. The maximum atomic E-state index is 12.5. The van der Waals surface area contributed by atoms with Crippen LogP contribution >= 0.6 is 0 Å². The second-order valence-corrected chi connectivity index (χ2v) is 5.29. The zero-order valence-corrected chi connectivity index (χ0v) is 12.7. The summed E-state index contributed by atoms with van der Waals surface area (Å²) in [7, 11) is 0. The van der Waals surface area contributed by atoms with Gasteiger partial charge in [-0.2, -0.15) is 0 Å². The van der Waals surface area contributed by atoms with Crippen LogP contribution in [0.15, 0.2) is 18.2 Å². The number of carbonyl (C=O) groups excluding carboxylic acids is 1. The van der Waals surface area contributed by atoms with Crippen molar-refractivity contribution in [2.45, 2.75) is 27.7 Å². The molecule has 0 bridgehead atoms. The van der Waals surface area contributed by atoms with Gasteiger partial charge in [-0.3, -0.25) is 4.79 Å². The predicted molar refractivity (Wildman–Crippen MR) is 81.6 cm³/mol. The standard InChI is InChI=1S/C17H23NO2/c1-5-18(12-13(2)3)17(20)16-10-14(4)9-15(11-16)7-6-8-19/h9-11,13,19H,5,8,12H2,1-4H3. The van der Waals surface area contributed by atoms with E-state index in [4.69, 9.17) is 5.11 Å². The van der Waals surface area contributed by atoms with E-state index in [1.54, 1.807) is 6.07 Å². The molecule has 0 fully saturated rings. The first-order valence-corrected chi connectivity index (χ1v) is 6.98. The van der Waals surface area contributed by atoms with Crippen molar-refractivity contribution in [1.29, 1.82) is 0 Å². The molecule has 0 unspecified atom stereocenters. The van der Waals surface area contributed by atoms with Gasteiger partial charge in [0.05, 0.1) is 0 Å². The van der Waals surface area contributed by atoms with E-state index in [0.717, 1.165) is 17.7 Å². The summed E-state index contributed by atoms with van der Waals surface area (Å²) in [5.74, 6) is 5.95. The summed E-state index contributed by atoms with van der Waals surface area (Å²) in [6.07, 6.45) is 0. The first-order chi connectivity index (χ1) is 9.47. The third-order valence-electron chi connectivity index (χ3n) is 2.89. The SMILES string of the molecule is CCN(CC(C)C)C(=O)c1cc(C)cc(C#CCO)c1. The largest absolute Gasteiger partial charge is 0.384 e. The van der Waals surface area contributed by atoms with Crippen LogP contribution in [0.5, 0.6) is 0 Å². The van der Waals surface area contributed by atoms with E-state index in [1.807, 2.05) is 30.9 Å². The molecule has 0 aliphatic heterocycles. The Morgan fingerprint density at radius 2 is 2.05 bits per heavy atom. The average molecular weight is 273 g/mol. The van der Waals surface area contributed by atoms with Gasteiger partial charge in [0.1, 0.15) is 6.61 Å². The van der Waals surface area contributed by atoms with Crippen molar-refractivity contribution in [2.24, 2.45) is 5.92 Å². The molecule has 0 aliphatic carbocycles. The second-order valence-electron chi connectivity index (χ2n) is 5.29. The highest BCUT2D eigenvalue weighted by Gasteiger charge is 2.15. The number of hydrogen-bond donors (Lipinski definition) is 1. The maximum Gasteiger partial charge on any atom is 0.253 e. The molecule has 1 aromatic rings. The van der Waals surface area contributed by atoms with Gasteiger partial charge >= 0.3 is 0 Å². The Kier molecular flexibility index (Phi) is 6.27. The van der Waals surface area contributed by atoms with Crippen molar-refractivity contribution < 1.29 is 9.90 Å². The lowest BCUT2D eigenvalue weighted by Gasteiger charge is -2.23. The average Bonchev–Trinajstić information content (AvgIpc) is 2.41. The van der Waals surface area contributed by atoms with Crippen molar-refractivity contribution >= 4 is 5.91 Å². The van der Waals surface area contributed by atoms with Crippen molar-refractivity contribution in [1.82, 2.24) is 4.90 Å². The molecule has 0 atom stereocenters. The molecule has 0 spiro atoms. The Labute approximate surface area is 121 Å². The van der Waals surface area contributed by atoms with Crippen LogP contribution in [0.4, 0.5) is 0 Å². The lowest BCUT2D eigenvalue weighted by Crippen LogP contribution is -2.34. The van der Waals surface area contributed by atoms with Gasteiger partial charge in [0.25, 0.3) is 5.91 Å². The first kappa shape index (κ1) is 16.3. The summed E-state index contributed by atoms with van der Waals surface area (Å²) in [4.78, 5) is 14.4. The number of carbonyl (C=O) groups is 1. The molecule has 0 aromatic heterocycles. The Bertz CT molecular complexity index is 524. The third kappa shape index (κ3) is 4.71. The van der Waals surface area contributed by atoms with Crippen molar-refractivity contribution in [2.75, 3.05) is 19.7 Å². The van der Waals surface area contributed by atoms with Crippen molar-refractivity contribution in [3.05, 3.63) is 34.9 Å². The highest BCUT2D eigenvalue weighted by Crippen LogP contribution is 2.13. The minimum absolute atomic E-state index is 0.0388. The van der Waals surface area contributed by atoms with Crippen LogP contribution in [0, 0.1) is 24.7 Å². The number of amides is 1.